The first-order valence-corrected chi connectivity index (χ1v) is 6.91. The minimum atomic E-state index is -3.29. The van der Waals surface area contributed by atoms with E-state index < -0.39 is 10.2 Å². The molecule has 0 atom stereocenters. The lowest BCUT2D eigenvalue weighted by atomic mass is 10.1. The van der Waals surface area contributed by atoms with Gasteiger partial charge in [-0.05, 0) is 25.7 Å². The van der Waals surface area contributed by atoms with Gasteiger partial charge in [0.25, 0.3) is 10.2 Å². The molecule has 2 rings (SSSR count). The average Bonchev–Trinajstić information content (AvgIpc) is 3.02. The predicted octanol–water partition coefficient (Wildman–Crippen LogP) is 0.529. The minimum Gasteiger partial charge on any atom is -0.199 e. The molecule has 5 nitrogen and oxygen atoms in total. The fraction of sp³-hybridized carbons (Fsp3) is 0.700. The van der Waals surface area contributed by atoms with Gasteiger partial charge in [-0.25, -0.2) is 0 Å². The second-order valence-corrected chi connectivity index (χ2v) is 5.93. The zero-order valence-electron chi connectivity index (χ0n) is 9.02. The van der Waals surface area contributed by atoms with Gasteiger partial charge in [0, 0.05) is 25.2 Å². The SMILES string of the molecule is N#CC=C1CCN(S(=O)(=O)NC2CC2)CC1. The molecule has 0 radical (unpaired) electrons. The van der Waals surface area contributed by atoms with Gasteiger partial charge in [-0.2, -0.15) is 22.7 Å². The van der Waals surface area contributed by atoms with Crippen LogP contribution < -0.4 is 4.72 Å². The molecule has 0 aromatic carbocycles. The van der Waals surface area contributed by atoms with E-state index in [0.717, 1.165) is 18.4 Å². The standard InChI is InChI=1S/C10H15N3O2S/c11-6-3-9-4-7-13(8-5-9)16(14,15)12-10-1-2-10/h3,10,12H,1-2,4-5,7-8H2. The van der Waals surface area contributed by atoms with E-state index in [2.05, 4.69) is 4.72 Å². The molecule has 1 N–H and O–H groups in total. The van der Waals surface area contributed by atoms with Gasteiger partial charge in [-0.15, -0.1) is 0 Å². The summed E-state index contributed by atoms with van der Waals surface area (Å²) in [7, 11) is -3.29. The van der Waals surface area contributed by atoms with Crippen LogP contribution in [0.3, 0.4) is 0 Å². The molecule has 0 amide bonds. The molecule has 0 aromatic heterocycles. The number of hydrogen-bond donors (Lipinski definition) is 1. The molecule has 1 heterocycles. The lowest BCUT2D eigenvalue weighted by Gasteiger charge is -2.27. The van der Waals surface area contributed by atoms with Crippen LogP contribution in [-0.4, -0.2) is 31.9 Å². The fourth-order valence-electron chi connectivity index (χ4n) is 1.74. The maximum absolute atomic E-state index is 11.8. The molecule has 1 aliphatic heterocycles. The highest BCUT2D eigenvalue weighted by Gasteiger charge is 2.32. The van der Waals surface area contributed by atoms with Crippen LogP contribution in [0.25, 0.3) is 0 Å². The Balaban J connectivity index is 1.93. The predicted molar refractivity (Wildman–Crippen MR) is 59.6 cm³/mol. The van der Waals surface area contributed by atoms with Crippen LogP contribution in [-0.2, 0) is 10.2 Å². The van der Waals surface area contributed by atoms with E-state index in [9.17, 15) is 8.42 Å². The minimum absolute atomic E-state index is 0.154. The van der Waals surface area contributed by atoms with Gasteiger partial charge in [0.2, 0.25) is 0 Å². The van der Waals surface area contributed by atoms with E-state index in [1.165, 1.54) is 10.4 Å². The van der Waals surface area contributed by atoms with Crippen molar-refractivity contribution in [1.82, 2.24) is 9.03 Å². The van der Waals surface area contributed by atoms with Crippen LogP contribution in [0.15, 0.2) is 11.6 Å². The number of rotatable bonds is 3. The Labute approximate surface area is 95.9 Å². The number of nitrogens with zero attached hydrogens (tertiary/aromatic N) is 2. The zero-order chi connectivity index (χ0) is 11.6. The van der Waals surface area contributed by atoms with Crippen molar-refractivity contribution < 1.29 is 8.42 Å². The van der Waals surface area contributed by atoms with Gasteiger partial charge in [0.15, 0.2) is 0 Å². The summed E-state index contributed by atoms with van der Waals surface area (Å²) in [5.41, 5.74) is 1.04. The second-order valence-electron chi connectivity index (χ2n) is 4.23. The van der Waals surface area contributed by atoms with Crippen molar-refractivity contribution in [1.29, 1.82) is 5.26 Å². The molecule has 88 valence electrons. The van der Waals surface area contributed by atoms with Crippen molar-refractivity contribution in [2.24, 2.45) is 0 Å². The lowest BCUT2D eigenvalue weighted by molar-refractivity contribution is 0.380. The van der Waals surface area contributed by atoms with Crippen molar-refractivity contribution in [2.75, 3.05) is 13.1 Å². The Kier molecular flexibility index (Phi) is 3.28. The lowest BCUT2D eigenvalue weighted by Crippen LogP contribution is -2.44. The van der Waals surface area contributed by atoms with E-state index >= 15 is 0 Å². The van der Waals surface area contributed by atoms with E-state index in [1.807, 2.05) is 6.07 Å². The Hall–Kier alpha value is -0.900. The highest BCUT2D eigenvalue weighted by molar-refractivity contribution is 7.87. The number of hydrogen-bond acceptors (Lipinski definition) is 3. The molecular formula is C10H15N3O2S. The smallest absolute Gasteiger partial charge is 0.199 e. The number of allylic oxidation sites excluding steroid dienone is 1. The Bertz CT molecular complexity index is 421. The summed E-state index contributed by atoms with van der Waals surface area (Å²) in [5.74, 6) is 0. The fourth-order valence-corrected chi connectivity index (χ4v) is 3.21. The monoisotopic (exact) mass is 241 g/mol. The molecule has 0 spiro atoms. The molecule has 6 heteroatoms. The van der Waals surface area contributed by atoms with Crippen LogP contribution in [0.5, 0.6) is 0 Å². The van der Waals surface area contributed by atoms with Crippen LogP contribution >= 0.6 is 0 Å². The molecule has 0 aromatic rings. The van der Waals surface area contributed by atoms with Crippen LogP contribution in [0.4, 0.5) is 0 Å². The summed E-state index contributed by atoms with van der Waals surface area (Å²) in [5, 5.41) is 8.50. The quantitative estimate of drug-likeness (QED) is 0.732. The molecular weight excluding hydrogens is 226 g/mol. The third-order valence-corrected chi connectivity index (χ3v) is 4.54. The summed E-state index contributed by atoms with van der Waals surface area (Å²) in [4.78, 5) is 0. The topological polar surface area (TPSA) is 73.2 Å². The summed E-state index contributed by atoms with van der Waals surface area (Å²) in [6, 6.07) is 2.14. The molecule has 0 bridgehead atoms. The maximum atomic E-state index is 11.8. The molecule has 2 fully saturated rings. The van der Waals surface area contributed by atoms with E-state index in [4.69, 9.17) is 5.26 Å². The van der Waals surface area contributed by atoms with Crippen molar-refractivity contribution >= 4 is 10.2 Å². The Morgan fingerprint density at radius 3 is 2.50 bits per heavy atom. The normalized spacial score (nSPS) is 22.8. The number of nitriles is 1. The number of piperidine rings is 1. The first-order valence-electron chi connectivity index (χ1n) is 5.47. The highest BCUT2D eigenvalue weighted by Crippen LogP contribution is 2.23. The van der Waals surface area contributed by atoms with E-state index in [1.54, 1.807) is 0 Å². The molecule has 1 saturated carbocycles. The van der Waals surface area contributed by atoms with Crippen LogP contribution in [0, 0.1) is 11.3 Å². The van der Waals surface area contributed by atoms with Crippen molar-refractivity contribution in [3.05, 3.63) is 11.6 Å². The average molecular weight is 241 g/mol. The van der Waals surface area contributed by atoms with Gasteiger partial charge < -0.3 is 0 Å². The summed E-state index contributed by atoms with van der Waals surface area (Å²) < 4.78 is 27.8. The third kappa shape index (κ3) is 2.82. The van der Waals surface area contributed by atoms with Gasteiger partial charge >= 0.3 is 0 Å². The highest BCUT2D eigenvalue weighted by atomic mass is 32.2. The summed E-state index contributed by atoms with van der Waals surface area (Å²) >= 11 is 0. The van der Waals surface area contributed by atoms with Gasteiger partial charge in [-0.1, -0.05) is 5.57 Å². The van der Waals surface area contributed by atoms with E-state index in [0.29, 0.717) is 25.9 Å². The molecule has 0 unspecified atom stereocenters. The third-order valence-electron chi connectivity index (χ3n) is 2.87. The first-order chi connectivity index (χ1) is 7.62. The van der Waals surface area contributed by atoms with Gasteiger partial charge in [0.05, 0.1) is 6.07 Å². The molecule has 2 aliphatic rings. The summed E-state index contributed by atoms with van der Waals surface area (Å²) in [6.07, 6.45) is 4.76. The largest absolute Gasteiger partial charge is 0.279 e. The van der Waals surface area contributed by atoms with Gasteiger partial charge in [0.1, 0.15) is 0 Å². The molecule has 1 saturated heterocycles. The van der Waals surface area contributed by atoms with Crippen molar-refractivity contribution in [3.63, 3.8) is 0 Å². The van der Waals surface area contributed by atoms with Crippen LogP contribution in [0.2, 0.25) is 0 Å². The Morgan fingerprint density at radius 1 is 1.38 bits per heavy atom. The van der Waals surface area contributed by atoms with Gasteiger partial charge in [-0.3, -0.25) is 0 Å². The maximum Gasteiger partial charge on any atom is 0.279 e. The number of nitrogens with one attached hydrogen (secondary N) is 1. The van der Waals surface area contributed by atoms with Crippen LogP contribution in [0.1, 0.15) is 25.7 Å². The Morgan fingerprint density at radius 2 is 2.00 bits per heavy atom. The van der Waals surface area contributed by atoms with Crippen molar-refractivity contribution in [3.8, 4) is 6.07 Å². The second kappa shape index (κ2) is 4.53. The zero-order valence-corrected chi connectivity index (χ0v) is 9.83. The van der Waals surface area contributed by atoms with E-state index in [-0.39, 0.29) is 6.04 Å². The molecule has 1 aliphatic carbocycles. The molecule has 16 heavy (non-hydrogen) atoms. The first kappa shape index (κ1) is 11.6. The summed E-state index contributed by atoms with van der Waals surface area (Å²) in [6.45, 7) is 0.963. The van der Waals surface area contributed by atoms with Crippen molar-refractivity contribution in [2.45, 2.75) is 31.7 Å².